The first-order valence-corrected chi connectivity index (χ1v) is 9.46. The van der Waals surface area contributed by atoms with Crippen LogP contribution in [0.2, 0.25) is 0 Å². The monoisotopic (exact) mass is 410 g/mol. The molecule has 30 heavy (non-hydrogen) atoms. The van der Waals surface area contributed by atoms with Crippen LogP contribution in [0.15, 0.2) is 42.5 Å². The van der Waals surface area contributed by atoms with Crippen molar-refractivity contribution in [1.82, 2.24) is 0 Å². The van der Waals surface area contributed by atoms with Gasteiger partial charge < -0.3 is 20.1 Å². The number of ether oxygens (including phenoxy) is 1. The highest BCUT2D eigenvalue weighted by atomic mass is 16.5. The molecule has 0 saturated carbocycles. The van der Waals surface area contributed by atoms with Gasteiger partial charge in [0.05, 0.1) is 12.1 Å². The Bertz CT molecular complexity index is 999. The van der Waals surface area contributed by atoms with Crippen molar-refractivity contribution in [1.29, 1.82) is 0 Å². The van der Waals surface area contributed by atoms with Crippen LogP contribution in [-0.4, -0.2) is 41.8 Å². The highest BCUT2D eigenvalue weighted by Crippen LogP contribution is 2.34. The summed E-state index contributed by atoms with van der Waals surface area (Å²) in [5, 5.41) is 11.5. The zero-order valence-corrected chi connectivity index (χ0v) is 16.7. The number of Topliss-reactive ketones (excluding diaryl/α,β-unsaturated/α-hetero) is 1. The van der Waals surface area contributed by atoms with E-state index in [1.807, 2.05) is 0 Å². The van der Waals surface area contributed by atoms with Crippen LogP contribution in [0.3, 0.4) is 0 Å². The molecule has 2 amide bonds. The molecule has 0 aromatic heterocycles. The Morgan fingerprint density at radius 2 is 1.80 bits per heavy atom. The van der Waals surface area contributed by atoms with Crippen molar-refractivity contribution in [3.05, 3.63) is 53.6 Å². The molecule has 0 aliphatic carbocycles. The van der Waals surface area contributed by atoms with Crippen LogP contribution in [0, 0.1) is 0 Å². The van der Waals surface area contributed by atoms with Gasteiger partial charge in [-0.2, -0.15) is 0 Å². The van der Waals surface area contributed by atoms with Crippen molar-refractivity contribution in [3.8, 4) is 5.75 Å². The summed E-state index contributed by atoms with van der Waals surface area (Å²) in [4.78, 5) is 48.9. The summed E-state index contributed by atoms with van der Waals surface area (Å²) in [6, 6.07) is 11.4. The summed E-state index contributed by atoms with van der Waals surface area (Å²) in [5.74, 6) is -1.13. The summed E-state index contributed by atoms with van der Waals surface area (Å²) in [6.07, 6.45) is -0.661. The number of rotatable bonds is 7. The van der Waals surface area contributed by atoms with E-state index < -0.39 is 12.1 Å². The SMILES string of the molecule is CC1Oc2ccc(C(=O)CCC(=O)Nc3ccc(CC(=O)O)cc3)cc2N(C)C1=O. The molecule has 8 nitrogen and oxygen atoms in total. The number of carboxylic acid groups (broad SMARTS) is 1. The average molecular weight is 410 g/mol. The predicted octanol–water partition coefficient (Wildman–Crippen LogP) is 2.66. The van der Waals surface area contributed by atoms with Gasteiger partial charge in [-0.15, -0.1) is 0 Å². The third kappa shape index (κ3) is 4.83. The summed E-state index contributed by atoms with van der Waals surface area (Å²) in [6.45, 7) is 1.67. The molecular formula is C22H22N2O6. The van der Waals surface area contributed by atoms with Crippen LogP contribution in [-0.2, 0) is 20.8 Å². The second-order valence-corrected chi connectivity index (χ2v) is 7.08. The number of fused-ring (bicyclic) bond motifs is 1. The maximum absolute atomic E-state index is 12.5. The standard InChI is InChI=1S/C22H22N2O6/c1-13-22(29)24(2)17-12-15(5-9-19(17)30-13)18(25)8-10-20(26)23-16-6-3-14(4-7-16)11-21(27)28/h3-7,9,12-13H,8,10-11H2,1-2H3,(H,23,26)(H,27,28). The van der Waals surface area contributed by atoms with E-state index in [2.05, 4.69) is 5.32 Å². The molecule has 1 heterocycles. The molecule has 2 N–H and O–H groups in total. The van der Waals surface area contributed by atoms with Crippen molar-refractivity contribution >= 4 is 34.9 Å². The number of aliphatic carboxylic acids is 1. The molecule has 1 atom stereocenters. The molecule has 1 aliphatic heterocycles. The molecule has 2 aromatic carbocycles. The van der Waals surface area contributed by atoms with Gasteiger partial charge in [0.1, 0.15) is 5.75 Å². The Balaban J connectivity index is 1.57. The fourth-order valence-electron chi connectivity index (χ4n) is 3.16. The third-order valence-corrected chi connectivity index (χ3v) is 4.80. The number of nitrogens with one attached hydrogen (secondary N) is 1. The molecule has 0 fully saturated rings. The molecule has 1 aliphatic rings. The van der Waals surface area contributed by atoms with E-state index in [1.54, 1.807) is 56.4 Å². The number of amides is 2. The van der Waals surface area contributed by atoms with Gasteiger partial charge in [0.2, 0.25) is 5.91 Å². The lowest BCUT2D eigenvalue weighted by molar-refractivity contribution is -0.136. The van der Waals surface area contributed by atoms with Crippen LogP contribution < -0.4 is 15.0 Å². The summed E-state index contributed by atoms with van der Waals surface area (Å²) in [7, 11) is 1.63. The molecule has 0 saturated heterocycles. The number of carboxylic acids is 1. The van der Waals surface area contributed by atoms with Crippen LogP contribution in [0.1, 0.15) is 35.7 Å². The van der Waals surface area contributed by atoms with Crippen molar-refractivity contribution in [2.75, 3.05) is 17.3 Å². The fraction of sp³-hybridized carbons (Fsp3) is 0.273. The lowest BCUT2D eigenvalue weighted by atomic mass is 10.0. The summed E-state index contributed by atoms with van der Waals surface area (Å²) < 4.78 is 5.54. The second-order valence-electron chi connectivity index (χ2n) is 7.08. The first kappa shape index (κ1) is 21.0. The number of hydrogen-bond acceptors (Lipinski definition) is 5. The Kier molecular flexibility index (Phi) is 6.15. The smallest absolute Gasteiger partial charge is 0.307 e. The number of anilines is 2. The lowest BCUT2D eigenvalue weighted by Crippen LogP contribution is -2.42. The first-order valence-electron chi connectivity index (χ1n) is 9.46. The highest BCUT2D eigenvalue weighted by molar-refractivity contribution is 6.04. The minimum absolute atomic E-state index is 0.00486. The molecule has 0 radical (unpaired) electrons. The van der Waals surface area contributed by atoms with Gasteiger partial charge in [-0.25, -0.2) is 0 Å². The number of likely N-dealkylation sites (N-methyl/N-ethyl adjacent to an activating group) is 1. The molecule has 2 aromatic rings. The fourth-order valence-corrected chi connectivity index (χ4v) is 3.16. The van der Waals surface area contributed by atoms with Gasteiger partial charge >= 0.3 is 5.97 Å². The molecule has 0 spiro atoms. The summed E-state index contributed by atoms with van der Waals surface area (Å²) >= 11 is 0. The maximum atomic E-state index is 12.5. The molecule has 8 heteroatoms. The zero-order chi connectivity index (χ0) is 21.8. The van der Waals surface area contributed by atoms with E-state index in [0.717, 1.165) is 0 Å². The topological polar surface area (TPSA) is 113 Å². The minimum atomic E-state index is -0.927. The predicted molar refractivity (Wildman–Crippen MR) is 110 cm³/mol. The Labute approximate surface area is 173 Å². The summed E-state index contributed by atoms with van der Waals surface area (Å²) in [5.41, 5.74) is 2.08. The van der Waals surface area contributed by atoms with Gasteiger partial charge in [0, 0.05) is 31.1 Å². The van der Waals surface area contributed by atoms with E-state index in [1.165, 1.54) is 4.90 Å². The van der Waals surface area contributed by atoms with Crippen molar-refractivity contribution in [2.45, 2.75) is 32.3 Å². The first-order chi connectivity index (χ1) is 14.2. The second kappa shape index (κ2) is 8.77. The van der Waals surface area contributed by atoms with E-state index in [9.17, 15) is 19.2 Å². The number of carbonyl (C=O) groups excluding carboxylic acids is 3. The van der Waals surface area contributed by atoms with Gasteiger partial charge in [-0.3, -0.25) is 19.2 Å². The largest absolute Gasteiger partial charge is 0.481 e. The molecular weight excluding hydrogens is 388 g/mol. The van der Waals surface area contributed by atoms with E-state index >= 15 is 0 Å². The number of nitrogens with zero attached hydrogens (tertiary/aromatic N) is 1. The minimum Gasteiger partial charge on any atom is -0.481 e. The normalized spacial score (nSPS) is 15.2. The van der Waals surface area contributed by atoms with Crippen molar-refractivity contribution in [2.24, 2.45) is 0 Å². The van der Waals surface area contributed by atoms with E-state index in [0.29, 0.717) is 28.3 Å². The van der Waals surface area contributed by atoms with Crippen LogP contribution >= 0.6 is 0 Å². The molecule has 156 valence electrons. The molecule has 0 bridgehead atoms. The van der Waals surface area contributed by atoms with Crippen molar-refractivity contribution in [3.63, 3.8) is 0 Å². The van der Waals surface area contributed by atoms with E-state index in [-0.39, 0.29) is 36.9 Å². The number of benzene rings is 2. The number of carbonyl (C=O) groups is 4. The Hall–Kier alpha value is -3.68. The Morgan fingerprint density at radius 1 is 1.10 bits per heavy atom. The average Bonchev–Trinajstić information content (AvgIpc) is 2.71. The third-order valence-electron chi connectivity index (χ3n) is 4.80. The van der Waals surface area contributed by atoms with Gasteiger partial charge in [-0.05, 0) is 42.8 Å². The van der Waals surface area contributed by atoms with Gasteiger partial charge in [0.25, 0.3) is 5.91 Å². The van der Waals surface area contributed by atoms with Crippen LogP contribution in [0.4, 0.5) is 11.4 Å². The lowest BCUT2D eigenvalue weighted by Gasteiger charge is -2.30. The quantitative estimate of drug-likeness (QED) is 0.679. The van der Waals surface area contributed by atoms with Crippen LogP contribution in [0.25, 0.3) is 0 Å². The zero-order valence-electron chi connectivity index (χ0n) is 16.7. The van der Waals surface area contributed by atoms with Gasteiger partial charge in [0.15, 0.2) is 11.9 Å². The molecule has 1 unspecified atom stereocenters. The van der Waals surface area contributed by atoms with E-state index in [4.69, 9.17) is 9.84 Å². The maximum Gasteiger partial charge on any atom is 0.307 e. The number of hydrogen-bond donors (Lipinski definition) is 2. The van der Waals surface area contributed by atoms with Crippen LogP contribution in [0.5, 0.6) is 5.75 Å². The Morgan fingerprint density at radius 3 is 2.47 bits per heavy atom. The highest BCUT2D eigenvalue weighted by Gasteiger charge is 2.29. The number of ketones is 1. The molecule has 3 rings (SSSR count). The van der Waals surface area contributed by atoms with Gasteiger partial charge in [-0.1, -0.05) is 12.1 Å². The van der Waals surface area contributed by atoms with Crippen molar-refractivity contribution < 1.29 is 29.0 Å².